The van der Waals surface area contributed by atoms with Gasteiger partial charge in [-0.1, -0.05) is 24.3 Å². The van der Waals surface area contributed by atoms with Crippen molar-refractivity contribution in [2.24, 2.45) is 13.0 Å². The Morgan fingerprint density at radius 1 is 1.04 bits per heavy atom. The number of nitrogens with one attached hydrogen (secondary N) is 1. The average molecular weight is 664 g/mol. The van der Waals surface area contributed by atoms with Crippen LogP contribution < -0.4 is 5.32 Å². The molecular formula is C37H41N7O5. The number of aromatic nitrogens is 4. The molecule has 0 aliphatic carbocycles. The maximum absolute atomic E-state index is 13.6. The first-order chi connectivity index (χ1) is 23.5. The quantitative estimate of drug-likeness (QED) is 0.201. The van der Waals surface area contributed by atoms with Crippen molar-refractivity contribution < 1.29 is 24.2 Å². The van der Waals surface area contributed by atoms with Gasteiger partial charge in [0.1, 0.15) is 5.52 Å². The van der Waals surface area contributed by atoms with E-state index in [0.29, 0.717) is 61.1 Å². The number of anilines is 1. The van der Waals surface area contributed by atoms with E-state index in [0.717, 1.165) is 64.4 Å². The van der Waals surface area contributed by atoms with E-state index in [4.69, 9.17) is 14.4 Å². The number of carboxylic acids is 1. The van der Waals surface area contributed by atoms with Crippen LogP contribution in [0.25, 0.3) is 33.7 Å². The van der Waals surface area contributed by atoms with Gasteiger partial charge in [-0.3, -0.25) is 24.4 Å². The first-order valence-corrected chi connectivity index (χ1v) is 16.7. The Morgan fingerprint density at radius 2 is 1.80 bits per heavy atom. The van der Waals surface area contributed by atoms with Crippen molar-refractivity contribution in [2.75, 3.05) is 31.5 Å². The highest BCUT2D eigenvalue weighted by Gasteiger charge is 2.29. The van der Waals surface area contributed by atoms with Crippen molar-refractivity contribution in [2.45, 2.75) is 52.8 Å². The number of amides is 1. The number of likely N-dealkylation sites (tertiary alicyclic amines) is 1. The molecule has 0 spiro atoms. The van der Waals surface area contributed by atoms with Gasteiger partial charge >= 0.3 is 5.97 Å². The third-order valence-corrected chi connectivity index (χ3v) is 9.84. The standard InChI is InChI=1S/C37H41N7O5/c1-21(45)17-43-14-12-32-31(20-43)39-34(42(32)4)35(46)40-29-10-6-8-27(23(29)3)26-7-5-9-28(22(26)2)36-41-30-15-25(38-16-33(30)49-36)19-44-13-11-24(18-44)37(47)48/h5-10,15-16,21,24,45H,11-14,17-20H2,1-4H3,(H,40,46)(H,47,48)/t21?,24-/m1/s1. The van der Waals surface area contributed by atoms with Gasteiger partial charge in [0.15, 0.2) is 11.4 Å². The molecule has 0 bridgehead atoms. The van der Waals surface area contributed by atoms with E-state index in [9.17, 15) is 19.8 Å². The molecule has 1 fully saturated rings. The Hall–Kier alpha value is -4.91. The Labute approximate surface area is 284 Å². The number of aliphatic hydroxyl groups excluding tert-OH is 1. The van der Waals surface area contributed by atoms with E-state index in [-0.39, 0.29) is 11.8 Å². The van der Waals surface area contributed by atoms with Gasteiger partial charge in [0, 0.05) is 63.1 Å². The summed E-state index contributed by atoms with van der Waals surface area (Å²) in [7, 11) is 1.89. The fraction of sp³-hybridized carbons (Fsp3) is 0.378. The van der Waals surface area contributed by atoms with E-state index < -0.39 is 12.1 Å². The second-order valence-corrected chi connectivity index (χ2v) is 13.4. The van der Waals surface area contributed by atoms with Crippen molar-refractivity contribution in [3.05, 3.63) is 82.7 Å². The van der Waals surface area contributed by atoms with Crippen molar-refractivity contribution >= 4 is 28.7 Å². The van der Waals surface area contributed by atoms with Crippen molar-refractivity contribution in [3.8, 4) is 22.6 Å². The van der Waals surface area contributed by atoms with Crippen LogP contribution in [0.15, 0.2) is 53.1 Å². The number of hydrogen-bond acceptors (Lipinski definition) is 9. The molecule has 7 rings (SSSR count). The number of carbonyl (C=O) groups excluding carboxylic acids is 1. The number of fused-ring (bicyclic) bond motifs is 2. The monoisotopic (exact) mass is 663 g/mol. The number of carbonyl (C=O) groups is 2. The number of benzene rings is 2. The molecule has 1 amide bonds. The number of hydrogen-bond donors (Lipinski definition) is 3. The van der Waals surface area contributed by atoms with E-state index in [2.05, 4.69) is 26.2 Å². The summed E-state index contributed by atoms with van der Waals surface area (Å²) in [5.41, 5.74) is 9.50. The van der Waals surface area contributed by atoms with Crippen LogP contribution in [0.3, 0.4) is 0 Å². The molecule has 0 saturated carbocycles. The molecule has 12 heteroatoms. The number of nitrogens with zero attached hydrogens (tertiary/aromatic N) is 6. The summed E-state index contributed by atoms with van der Waals surface area (Å²) in [6.07, 6.45) is 2.68. The molecule has 12 nitrogen and oxygen atoms in total. The predicted molar refractivity (Wildman–Crippen MR) is 185 cm³/mol. The topological polar surface area (TPSA) is 150 Å². The molecule has 5 heterocycles. The van der Waals surface area contributed by atoms with E-state index in [1.165, 1.54) is 0 Å². The summed E-state index contributed by atoms with van der Waals surface area (Å²) < 4.78 is 8.07. The molecule has 1 saturated heterocycles. The largest absolute Gasteiger partial charge is 0.481 e. The van der Waals surface area contributed by atoms with Crippen LogP contribution in [0.2, 0.25) is 0 Å². The minimum atomic E-state index is -0.749. The summed E-state index contributed by atoms with van der Waals surface area (Å²) >= 11 is 0. The van der Waals surface area contributed by atoms with Crippen molar-refractivity contribution in [1.82, 2.24) is 29.3 Å². The number of aliphatic hydroxyl groups is 1. The second kappa shape index (κ2) is 13.2. The van der Waals surface area contributed by atoms with Gasteiger partial charge in [-0.05, 0) is 74.2 Å². The van der Waals surface area contributed by atoms with E-state index >= 15 is 0 Å². The van der Waals surface area contributed by atoms with Crippen molar-refractivity contribution in [1.29, 1.82) is 0 Å². The summed E-state index contributed by atoms with van der Waals surface area (Å²) in [5, 5.41) is 22.3. The first-order valence-electron chi connectivity index (χ1n) is 16.7. The third kappa shape index (κ3) is 6.46. The number of aliphatic carboxylic acids is 1. The fourth-order valence-corrected chi connectivity index (χ4v) is 7.20. The number of rotatable bonds is 9. The lowest BCUT2D eigenvalue weighted by molar-refractivity contribution is -0.141. The number of carboxylic acid groups (broad SMARTS) is 1. The smallest absolute Gasteiger partial charge is 0.307 e. The number of β-amino-alcohol motifs (C(OH)–C–C–N with tert-alkyl or cyclic N) is 1. The highest BCUT2D eigenvalue weighted by molar-refractivity contribution is 6.03. The van der Waals surface area contributed by atoms with Crippen LogP contribution in [0.4, 0.5) is 5.69 Å². The van der Waals surface area contributed by atoms with Gasteiger partial charge in [0.25, 0.3) is 5.91 Å². The minimum Gasteiger partial charge on any atom is -0.481 e. The highest BCUT2D eigenvalue weighted by atomic mass is 16.4. The summed E-state index contributed by atoms with van der Waals surface area (Å²) in [6, 6.07) is 13.8. The lowest BCUT2D eigenvalue weighted by atomic mass is 9.93. The van der Waals surface area contributed by atoms with Crippen LogP contribution in [0, 0.1) is 19.8 Å². The van der Waals surface area contributed by atoms with E-state index in [1.807, 2.05) is 61.9 Å². The first kappa shape index (κ1) is 32.6. The Kier molecular flexibility index (Phi) is 8.78. The Bertz CT molecular complexity index is 2070. The van der Waals surface area contributed by atoms with Gasteiger partial charge in [-0.25, -0.2) is 9.97 Å². The zero-order valence-electron chi connectivity index (χ0n) is 28.2. The summed E-state index contributed by atoms with van der Waals surface area (Å²) in [6.45, 7) is 9.63. The van der Waals surface area contributed by atoms with Crippen LogP contribution in [0.1, 0.15) is 52.2 Å². The Morgan fingerprint density at radius 3 is 2.55 bits per heavy atom. The second-order valence-electron chi connectivity index (χ2n) is 13.4. The summed E-state index contributed by atoms with van der Waals surface area (Å²) in [5.74, 6) is -0.492. The molecule has 49 heavy (non-hydrogen) atoms. The fourth-order valence-electron chi connectivity index (χ4n) is 7.20. The molecule has 3 N–H and O–H groups in total. The molecule has 2 aliphatic rings. The van der Waals surface area contributed by atoms with Gasteiger partial charge in [-0.15, -0.1) is 0 Å². The van der Waals surface area contributed by atoms with Gasteiger partial charge in [0.05, 0.1) is 29.6 Å². The molecular weight excluding hydrogens is 622 g/mol. The summed E-state index contributed by atoms with van der Waals surface area (Å²) in [4.78, 5) is 43.3. The van der Waals surface area contributed by atoms with Crippen LogP contribution in [-0.2, 0) is 31.4 Å². The molecule has 3 aromatic heterocycles. The molecule has 254 valence electrons. The maximum Gasteiger partial charge on any atom is 0.307 e. The normalized spacial score (nSPS) is 17.4. The molecule has 2 aromatic carbocycles. The molecule has 2 atom stereocenters. The molecule has 0 radical (unpaired) electrons. The number of pyridine rings is 1. The van der Waals surface area contributed by atoms with Crippen LogP contribution >= 0.6 is 0 Å². The van der Waals surface area contributed by atoms with E-state index in [1.54, 1.807) is 13.1 Å². The predicted octanol–water partition coefficient (Wildman–Crippen LogP) is 4.80. The van der Waals surface area contributed by atoms with Crippen LogP contribution in [-0.4, -0.2) is 83.7 Å². The molecule has 1 unspecified atom stereocenters. The van der Waals surface area contributed by atoms with Gasteiger partial charge < -0.3 is 24.5 Å². The SMILES string of the molecule is Cc1c(NC(=O)c2nc3c(n2C)CCN(CC(C)O)C3)cccc1-c1cccc(-c2nc3cc(CN4CC[C@@H](C(=O)O)C4)ncc3o2)c1C. The van der Waals surface area contributed by atoms with Gasteiger partial charge in [0.2, 0.25) is 5.89 Å². The van der Waals surface area contributed by atoms with Crippen LogP contribution in [0.5, 0.6) is 0 Å². The van der Waals surface area contributed by atoms with Gasteiger partial charge in [-0.2, -0.15) is 0 Å². The van der Waals surface area contributed by atoms with Crippen molar-refractivity contribution in [3.63, 3.8) is 0 Å². The third-order valence-electron chi connectivity index (χ3n) is 9.84. The number of imidazole rings is 1. The lowest BCUT2D eigenvalue weighted by Gasteiger charge is -2.27. The average Bonchev–Trinajstić information content (AvgIpc) is 3.79. The zero-order valence-corrected chi connectivity index (χ0v) is 28.2. The highest BCUT2D eigenvalue weighted by Crippen LogP contribution is 2.36. The zero-order chi connectivity index (χ0) is 34.4. The minimum absolute atomic E-state index is 0.268. The molecule has 2 aliphatic heterocycles. The maximum atomic E-state index is 13.6. The lowest BCUT2D eigenvalue weighted by Crippen LogP contribution is -2.36. The Balaban J connectivity index is 1.11. The molecule has 5 aromatic rings. The number of oxazole rings is 1.